The second-order valence-corrected chi connectivity index (χ2v) is 3.84. The van der Waals surface area contributed by atoms with Crippen LogP contribution in [-0.4, -0.2) is 43.4 Å². The molecule has 1 amide bonds. The fourth-order valence-electron chi connectivity index (χ4n) is 1.76. The van der Waals surface area contributed by atoms with E-state index < -0.39 is 0 Å². The smallest absolute Gasteiger partial charge is 0.290 e. The first-order chi connectivity index (χ1) is 7.70. The van der Waals surface area contributed by atoms with Crippen LogP contribution in [0.5, 0.6) is 0 Å². The van der Waals surface area contributed by atoms with Gasteiger partial charge in [0.1, 0.15) is 0 Å². The van der Waals surface area contributed by atoms with Crippen LogP contribution in [0.15, 0.2) is 10.6 Å². The van der Waals surface area contributed by atoms with E-state index in [0.717, 1.165) is 6.54 Å². The van der Waals surface area contributed by atoms with Crippen molar-refractivity contribution in [2.45, 2.75) is 19.1 Å². The molecule has 0 aromatic carbocycles. The summed E-state index contributed by atoms with van der Waals surface area (Å²) in [5.74, 6) is -0.0180. The van der Waals surface area contributed by atoms with E-state index in [4.69, 9.17) is 9.26 Å². The number of carbonyl (C=O) groups excluding carboxylic acids is 1. The second kappa shape index (κ2) is 6.00. The minimum Gasteiger partial charge on any atom is -0.378 e. The molecule has 2 heterocycles. The van der Waals surface area contributed by atoms with E-state index in [1.807, 2.05) is 0 Å². The number of halogens is 1. The number of hydrogen-bond acceptors (Lipinski definition) is 5. The summed E-state index contributed by atoms with van der Waals surface area (Å²) in [5, 5.41) is 9.67. The molecule has 0 spiro atoms. The molecule has 0 aliphatic carbocycles. The van der Waals surface area contributed by atoms with Crippen molar-refractivity contribution < 1.29 is 14.1 Å². The number of methoxy groups -OCH3 is 1. The van der Waals surface area contributed by atoms with E-state index in [2.05, 4.69) is 15.8 Å². The Kier molecular flexibility index (Phi) is 4.92. The van der Waals surface area contributed by atoms with Crippen LogP contribution in [0.2, 0.25) is 0 Å². The van der Waals surface area contributed by atoms with Gasteiger partial charge in [0.2, 0.25) is 5.76 Å². The molecule has 2 atom stereocenters. The van der Waals surface area contributed by atoms with E-state index in [-0.39, 0.29) is 36.2 Å². The van der Waals surface area contributed by atoms with E-state index in [0.29, 0.717) is 12.2 Å². The number of nitrogens with zero attached hydrogens (tertiary/aromatic N) is 1. The summed E-state index contributed by atoms with van der Waals surface area (Å²) in [6.07, 6.45) is 0.00738. The number of ether oxygens (including phenoxy) is 1. The Morgan fingerprint density at radius 2 is 2.41 bits per heavy atom. The third kappa shape index (κ3) is 3.18. The summed E-state index contributed by atoms with van der Waals surface area (Å²) < 4.78 is 10.1. The lowest BCUT2D eigenvalue weighted by Crippen LogP contribution is -2.43. The van der Waals surface area contributed by atoms with Gasteiger partial charge in [-0.1, -0.05) is 5.16 Å². The molecular weight excluding hydrogens is 246 g/mol. The van der Waals surface area contributed by atoms with Gasteiger partial charge in [-0.05, 0) is 6.92 Å². The zero-order valence-electron chi connectivity index (χ0n) is 9.73. The molecule has 0 unspecified atom stereocenters. The molecular formula is C10H16ClN3O3. The maximum Gasteiger partial charge on any atom is 0.290 e. The minimum absolute atomic E-state index is 0. The molecule has 1 aromatic heterocycles. The standard InChI is InChI=1S/C10H15N3O3.ClH/c1-6-3-8(16-13-6)10(14)12-7-4-11-5-9(7)15-2;/h3,7,9,11H,4-5H2,1-2H3,(H,12,14);1H/t7-,9-;/m1./s1. The predicted octanol–water partition coefficient (Wildman–Crippen LogP) is 0.121. The van der Waals surface area contributed by atoms with E-state index >= 15 is 0 Å². The average Bonchev–Trinajstić information content (AvgIpc) is 2.86. The lowest BCUT2D eigenvalue weighted by atomic mass is 10.2. The topological polar surface area (TPSA) is 76.4 Å². The van der Waals surface area contributed by atoms with Crippen LogP contribution in [0.1, 0.15) is 16.2 Å². The van der Waals surface area contributed by atoms with E-state index in [9.17, 15) is 4.79 Å². The van der Waals surface area contributed by atoms with Crippen molar-refractivity contribution in [2.75, 3.05) is 20.2 Å². The van der Waals surface area contributed by atoms with Crippen molar-refractivity contribution in [1.29, 1.82) is 0 Å². The lowest BCUT2D eigenvalue weighted by molar-refractivity contribution is 0.0754. The Hall–Kier alpha value is -1.11. The highest BCUT2D eigenvalue weighted by Gasteiger charge is 2.29. The van der Waals surface area contributed by atoms with Gasteiger partial charge >= 0.3 is 0 Å². The molecule has 1 aliphatic heterocycles. The number of amides is 1. The first-order valence-electron chi connectivity index (χ1n) is 5.18. The molecule has 17 heavy (non-hydrogen) atoms. The van der Waals surface area contributed by atoms with Crippen LogP contribution >= 0.6 is 12.4 Å². The Morgan fingerprint density at radius 3 is 3.00 bits per heavy atom. The first-order valence-corrected chi connectivity index (χ1v) is 5.18. The average molecular weight is 262 g/mol. The molecule has 1 fully saturated rings. The molecule has 0 saturated carbocycles. The van der Waals surface area contributed by atoms with Gasteiger partial charge in [-0.3, -0.25) is 4.79 Å². The van der Waals surface area contributed by atoms with Crippen molar-refractivity contribution in [3.8, 4) is 0 Å². The molecule has 1 saturated heterocycles. The van der Waals surface area contributed by atoms with Gasteiger partial charge in [-0.2, -0.15) is 0 Å². The Balaban J connectivity index is 0.00000144. The predicted molar refractivity (Wildman–Crippen MR) is 63.4 cm³/mol. The van der Waals surface area contributed by atoms with Gasteiger partial charge in [-0.15, -0.1) is 12.4 Å². The van der Waals surface area contributed by atoms with Crippen molar-refractivity contribution in [2.24, 2.45) is 0 Å². The molecule has 7 heteroatoms. The lowest BCUT2D eigenvalue weighted by Gasteiger charge is -2.17. The third-order valence-electron chi connectivity index (χ3n) is 2.63. The van der Waals surface area contributed by atoms with Crippen LogP contribution in [0.4, 0.5) is 0 Å². The summed E-state index contributed by atoms with van der Waals surface area (Å²) in [5.41, 5.74) is 0.693. The summed E-state index contributed by atoms with van der Waals surface area (Å²) >= 11 is 0. The fourth-order valence-corrected chi connectivity index (χ4v) is 1.76. The van der Waals surface area contributed by atoms with E-state index in [1.165, 1.54) is 0 Å². The quantitative estimate of drug-likeness (QED) is 0.808. The van der Waals surface area contributed by atoms with Gasteiger partial charge in [0.05, 0.1) is 17.8 Å². The molecule has 2 N–H and O–H groups in total. The Morgan fingerprint density at radius 1 is 1.65 bits per heavy atom. The van der Waals surface area contributed by atoms with Crippen LogP contribution in [-0.2, 0) is 4.74 Å². The maximum atomic E-state index is 11.7. The van der Waals surface area contributed by atoms with Crippen LogP contribution in [0.3, 0.4) is 0 Å². The summed E-state index contributed by atoms with van der Waals surface area (Å²) in [4.78, 5) is 11.7. The molecule has 96 valence electrons. The monoisotopic (exact) mass is 261 g/mol. The van der Waals surface area contributed by atoms with Gasteiger partial charge in [0.25, 0.3) is 5.91 Å². The van der Waals surface area contributed by atoms with Crippen molar-refractivity contribution in [1.82, 2.24) is 15.8 Å². The van der Waals surface area contributed by atoms with Crippen LogP contribution in [0, 0.1) is 6.92 Å². The van der Waals surface area contributed by atoms with Crippen molar-refractivity contribution >= 4 is 18.3 Å². The number of nitrogens with one attached hydrogen (secondary N) is 2. The van der Waals surface area contributed by atoms with Crippen molar-refractivity contribution in [3.05, 3.63) is 17.5 Å². The second-order valence-electron chi connectivity index (χ2n) is 3.84. The van der Waals surface area contributed by atoms with E-state index in [1.54, 1.807) is 20.1 Å². The summed E-state index contributed by atoms with van der Waals surface area (Å²) in [7, 11) is 1.63. The molecule has 1 aromatic rings. The number of carbonyl (C=O) groups is 1. The number of rotatable bonds is 3. The maximum absolute atomic E-state index is 11.7. The third-order valence-corrected chi connectivity index (χ3v) is 2.63. The fraction of sp³-hybridized carbons (Fsp3) is 0.600. The minimum atomic E-state index is -0.253. The van der Waals surface area contributed by atoms with Gasteiger partial charge in [0.15, 0.2) is 0 Å². The Labute approximate surface area is 105 Å². The van der Waals surface area contributed by atoms with Crippen molar-refractivity contribution in [3.63, 3.8) is 0 Å². The number of aryl methyl sites for hydroxylation is 1. The molecule has 0 radical (unpaired) electrons. The van der Waals surface area contributed by atoms with Crippen LogP contribution < -0.4 is 10.6 Å². The largest absolute Gasteiger partial charge is 0.378 e. The highest BCUT2D eigenvalue weighted by Crippen LogP contribution is 2.07. The van der Waals surface area contributed by atoms with Gasteiger partial charge < -0.3 is 19.9 Å². The molecule has 1 aliphatic rings. The Bertz CT molecular complexity index is 383. The van der Waals surface area contributed by atoms with Crippen LogP contribution in [0.25, 0.3) is 0 Å². The molecule has 0 bridgehead atoms. The summed E-state index contributed by atoms with van der Waals surface area (Å²) in [6, 6.07) is 1.59. The molecule has 2 rings (SSSR count). The zero-order chi connectivity index (χ0) is 11.5. The number of aromatic nitrogens is 1. The SMILES string of the molecule is CO[C@@H]1CNC[C@H]1NC(=O)c1cc(C)no1.Cl. The summed E-state index contributed by atoms with van der Waals surface area (Å²) in [6.45, 7) is 3.23. The van der Waals surface area contributed by atoms with Gasteiger partial charge in [0, 0.05) is 26.3 Å². The number of hydrogen-bond donors (Lipinski definition) is 2. The molecule has 6 nitrogen and oxygen atoms in total. The van der Waals surface area contributed by atoms with Gasteiger partial charge in [-0.25, -0.2) is 0 Å². The highest BCUT2D eigenvalue weighted by atomic mass is 35.5. The first kappa shape index (κ1) is 14.0. The highest BCUT2D eigenvalue weighted by molar-refractivity contribution is 5.91. The normalized spacial score (nSPS) is 23.2. The zero-order valence-corrected chi connectivity index (χ0v) is 10.5.